The van der Waals surface area contributed by atoms with Gasteiger partial charge in [-0.25, -0.2) is 0 Å². The van der Waals surface area contributed by atoms with Crippen molar-refractivity contribution in [1.82, 2.24) is 0 Å². The number of carbonyl (C=O) groups is 2. The van der Waals surface area contributed by atoms with Crippen molar-refractivity contribution in [2.75, 3.05) is 6.61 Å². The number of nitrogens with two attached hydrogens (primary N) is 1. The predicted octanol–water partition coefficient (Wildman–Crippen LogP) is 0.307. The molecular weight excluding hydrogens is 158 g/mol. The van der Waals surface area contributed by atoms with Gasteiger partial charge in [0.05, 0.1) is 6.61 Å². The van der Waals surface area contributed by atoms with E-state index in [0.717, 1.165) is 0 Å². The molecule has 2 N–H and O–H groups in total. The van der Waals surface area contributed by atoms with Gasteiger partial charge in [0.1, 0.15) is 5.92 Å². The van der Waals surface area contributed by atoms with Crippen LogP contribution in [0.1, 0.15) is 20.8 Å². The molecule has 0 fully saturated rings. The van der Waals surface area contributed by atoms with Gasteiger partial charge in [-0.2, -0.15) is 0 Å². The molecule has 1 atom stereocenters. The van der Waals surface area contributed by atoms with Crippen LogP contribution in [-0.4, -0.2) is 18.5 Å². The average molecular weight is 173 g/mol. The first-order chi connectivity index (χ1) is 5.50. The van der Waals surface area contributed by atoms with Crippen molar-refractivity contribution < 1.29 is 14.3 Å². The standard InChI is InChI=1S/C8H15NO3/c1-4-12-8(11)6(5(2)3)7(9)10/h5-6H,4H2,1-3H3,(H2,9,10). The van der Waals surface area contributed by atoms with Crippen molar-refractivity contribution in [2.45, 2.75) is 20.8 Å². The van der Waals surface area contributed by atoms with Gasteiger partial charge in [0.2, 0.25) is 5.91 Å². The Labute approximate surface area is 72.1 Å². The smallest absolute Gasteiger partial charge is 0.318 e. The van der Waals surface area contributed by atoms with Crippen LogP contribution in [0.4, 0.5) is 0 Å². The van der Waals surface area contributed by atoms with Crippen LogP contribution in [0, 0.1) is 11.8 Å². The Kier molecular flexibility index (Phi) is 4.33. The summed E-state index contributed by atoms with van der Waals surface area (Å²) in [4.78, 5) is 21.9. The molecule has 4 heteroatoms. The Bertz CT molecular complexity index is 177. The van der Waals surface area contributed by atoms with Crippen molar-refractivity contribution in [2.24, 2.45) is 17.6 Å². The van der Waals surface area contributed by atoms with Crippen molar-refractivity contribution >= 4 is 11.9 Å². The summed E-state index contributed by atoms with van der Waals surface area (Å²) in [5, 5.41) is 0. The third-order valence-corrected chi connectivity index (χ3v) is 1.51. The highest BCUT2D eigenvalue weighted by molar-refractivity contribution is 5.97. The Balaban J connectivity index is 4.30. The molecule has 0 aliphatic carbocycles. The minimum absolute atomic E-state index is 0.110. The van der Waals surface area contributed by atoms with Crippen LogP contribution in [0.3, 0.4) is 0 Å². The Morgan fingerprint density at radius 3 is 2.17 bits per heavy atom. The van der Waals surface area contributed by atoms with E-state index in [1.807, 2.05) is 0 Å². The summed E-state index contributed by atoms with van der Waals surface area (Å²) in [5.41, 5.74) is 5.03. The van der Waals surface area contributed by atoms with Gasteiger partial charge in [0, 0.05) is 0 Å². The third kappa shape index (κ3) is 2.90. The van der Waals surface area contributed by atoms with Gasteiger partial charge < -0.3 is 10.5 Å². The summed E-state index contributed by atoms with van der Waals surface area (Å²) in [7, 11) is 0. The van der Waals surface area contributed by atoms with Gasteiger partial charge in [-0.15, -0.1) is 0 Å². The number of amides is 1. The molecule has 0 saturated heterocycles. The first-order valence-corrected chi connectivity index (χ1v) is 3.96. The number of ether oxygens (including phenoxy) is 1. The van der Waals surface area contributed by atoms with Gasteiger partial charge in [-0.3, -0.25) is 9.59 Å². The summed E-state index contributed by atoms with van der Waals surface area (Å²) in [6, 6.07) is 0. The second-order valence-electron chi connectivity index (χ2n) is 2.88. The Morgan fingerprint density at radius 2 is 1.92 bits per heavy atom. The fourth-order valence-electron chi connectivity index (χ4n) is 0.949. The molecule has 4 nitrogen and oxygen atoms in total. The lowest BCUT2D eigenvalue weighted by Crippen LogP contribution is -2.35. The van der Waals surface area contributed by atoms with E-state index in [9.17, 15) is 9.59 Å². The zero-order valence-electron chi connectivity index (χ0n) is 7.66. The molecule has 70 valence electrons. The van der Waals surface area contributed by atoms with E-state index in [1.165, 1.54) is 0 Å². The van der Waals surface area contributed by atoms with E-state index < -0.39 is 17.8 Å². The van der Waals surface area contributed by atoms with Crippen molar-refractivity contribution in [3.05, 3.63) is 0 Å². The molecule has 0 saturated carbocycles. The van der Waals surface area contributed by atoms with E-state index >= 15 is 0 Å². The predicted molar refractivity (Wildman–Crippen MR) is 44.2 cm³/mol. The highest BCUT2D eigenvalue weighted by Crippen LogP contribution is 2.11. The van der Waals surface area contributed by atoms with E-state index in [0.29, 0.717) is 0 Å². The van der Waals surface area contributed by atoms with E-state index in [4.69, 9.17) is 5.73 Å². The van der Waals surface area contributed by atoms with Crippen LogP contribution >= 0.6 is 0 Å². The minimum Gasteiger partial charge on any atom is -0.465 e. The molecule has 12 heavy (non-hydrogen) atoms. The van der Waals surface area contributed by atoms with Gasteiger partial charge in [-0.05, 0) is 12.8 Å². The number of primary amides is 1. The number of rotatable bonds is 4. The molecule has 0 aromatic carbocycles. The van der Waals surface area contributed by atoms with E-state index in [2.05, 4.69) is 4.74 Å². The first kappa shape index (κ1) is 10.9. The second kappa shape index (κ2) is 4.74. The highest BCUT2D eigenvalue weighted by atomic mass is 16.5. The molecule has 1 unspecified atom stereocenters. The maximum Gasteiger partial charge on any atom is 0.318 e. The maximum absolute atomic E-state index is 11.1. The molecule has 0 heterocycles. The first-order valence-electron chi connectivity index (χ1n) is 3.96. The van der Waals surface area contributed by atoms with Crippen LogP contribution in [0.15, 0.2) is 0 Å². The molecule has 1 amide bonds. The fourth-order valence-corrected chi connectivity index (χ4v) is 0.949. The normalized spacial score (nSPS) is 12.7. The SMILES string of the molecule is CCOC(=O)C(C(N)=O)C(C)C. The minimum atomic E-state index is -0.815. The summed E-state index contributed by atoms with van der Waals surface area (Å²) in [6.45, 7) is 5.48. The summed E-state index contributed by atoms with van der Waals surface area (Å²) >= 11 is 0. The molecule has 0 aliphatic heterocycles. The quantitative estimate of drug-likeness (QED) is 0.491. The van der Waals surface area contributed by atoms with Crippen molar-refractivity contribution in [3.63, 3.8) is 0 Å². The topological polar surface area (TPSA) is 69.4 Å². The van der Waals surface area contributed by atoms with Gasteiger partial charge in [0.25, 0.3) is 0 Å². The van der Waals surface area contributed by atoms with Crippen LogP contribution < -0.4 is 5.73 Å². The molecule has 0 aromatic rings. The lowest BCUT2D eigenvalue weighted by Gasteiger charge is -2.14. The largest absolute Gasteiger partial charge is 0.465 e. The zero-order valence-corrected chi connectivity index (χ0v) is 7.66. The third-order valence-electron chi connectivity index (χ3n) is 1.51. The Hall–Kier alpha value is -1.06. The molecule has 0 bridgehead atoms. The second-order valence-corrected chi connectivity index (χ2v) is 2.88. The Morgan fingerprint density at radius 1 is 1.42 bits per heavy atom. The number of hydrogen-bond acceptors (Lipinski definition) is 3. The highest BCUT2D eigenvalue weighted by Gasteiger charge is 2.28. The molecular formula is C8H15NO3. The van der Waals surface area contributed by atoms with Crippen molar-refractivity contribution in [3.8, 4) is 0 Å². The zero-order chi connectivity index (χ0) is 9.72. The number of hydrogen-bond donors (Lipinski definition) is 1. The van der Waals surface area contributed by atoms with Crippen LogP contribution in [-0.2, 0) is 14.3 Å². The molecule has 0 aromatic heterocycles. The monoisotopic (exact) mass is 173 g/mol. The van der Waals surface area contributed by atoms with Crippen molar-refractivity contribution in [1.29, 1.82) is 0 Å². The van der Waals surface area contributed by atoms with Crippen LogP contribution in [0.2, 0.25) is 0 Å². The average Bonchev–Trinajstić information content (AvgIpc) is 1.85. The van der Waals surface area contributed by atoms with Gasteiger partial charge in [0.15, 0.2) is 0 Å². The van der Waals surface area contributed by atoms with Crippen LogP contribution in [0.5, 0.6) is 0 Å². The number of carbonyl (C=O) groups excluding carboxylic acids is 2. The van der Waals surface area contributed by atoms with Gasteiger partial charge in [-0.1, -0.05) is 13.8 Å². The molecule has 0 spiro atoms. The van der Waals surface area contributed by atoms with Gasteiger partial charge >= 0.3 is 5.97 Å². The van der Waals surface area contributed by atoms with Crippen LogP contribution in [0.25, 0.3) is 0 Å². The summed E-state index contributed by atoms with van der Waals surface area (Å²) in [6.07, 6.45) is 0. The lowest BCUT2D eigenvalue weighted by molar-refractivity contribution is -0.153. The maximum atomic E-state index is 11.1. The summed E-state index contributed by atoms with van der Waals surface area (Å²) < 4.78 is 4.69. The molecule has 0 radical (unpaired) electrons. The summed E-state index contributed by atoms with van der Waals surface area (Å²) in [5.74, 6) is -2.07. The molecule has 0 rings (SSSR count). The fraction of sp³-hybridized carbons (Fsp3) is 0.750. The molecule has 0 aliphatic rings. The number of esters is 1. The van der Waals surface area contributed by atoms with E-state index in [1.54, 1.807) is 20.8 Å². The lowest BCUT2D eigenvalue weighted by atomic mass is 9.95. The van der Waals surface area contributed by atoms with E-state index in [-0.39, 0.29) is 12.5 Å².